The number of ether oxygens (including phenoxy) is 1. The van der Waals surface area contributed by atoms with E-state index in [0.717, 1.165) is 4.90 Å². The Morgan fingerprint density at radius 3 is 1.83 bits per heavy atom. The molecule has 0 saturated heterocycles. The van der Waals surface area contributed by atoms with Crippen LogP contribution in [-0.2, 0) is 10.9 Å². The highest BCUT2D eigenvalue weighted by atomic mass is 32.2. The lowest BCUT2D eigenvalue weighted by Gasteiger charge is -2.10. The molecule has 4 aromatic carbocycles. The first-order valence-electron chi connectivity index (χ1n) is 9.17. The van der Waals surface area contributed by atoms with Crippen LogP contribution in [0.25, 0.3) is 0 Å². The summed E-state index contributed by atoms with van der Waals surface area (Å²) >= 11 is 0. The summed E-state index contributed by atoms with van der Waals surface area (Å²) in [5, 5.41) is 9.90. The zero-order valence-corrected chi connectivity index (χ0v) is 16.4. The highest BCUT2D eigenvalue weighted by Gasteiger charge is 2.29. The van der Waals surface area contributed by atoms with Crippen LogP contribution in [-0.4, -0.2) is 11.1 Å². The molecule has 0 spiro atoms. The van der Waals surface area contributed by atoms with Crippen LogP contribution in [0.4, 0.5) is 0 Å². The van der Waals surface area contributed by atoms with E-state index >= 15 is 0 Å². The highest BCUT2D eigenvalue weighted by molar-refractivity contribution is 7.97. The van der Waals surface area contributed by atoms with Gasteiger partial charge in [0.15, 0.2) is 14.7 Å². The molecule has 0 amide bonds. The Kier molecular flexibility index (Phi) is 5.63. The van der Waals surface area contributed by atoms with Gasteiger partial charge in [-0.05, 0) is 48.5 Å². The monoisotopic (exact) mass is 399 g/mol. The Morgan fingerprint density at radius 2 is 1.21 bits per heavy atom. The van der Waals surface area contributed by atoms with E-state index in [9.17, 15) is 9.90 Å². The Labute approximate surface area is 172 Å². The average Bonchev–Trinajstić information content (AvgIpc) is 2.76. The molecule has 0 unspecified atom stereocenters. The predicted molar refractivity (Wildman–Crippen MR) is 115 cm³/mol. The van der Waals surface area contributed by atoms with Crippen LogP contribution in [0.15, 0.2) is 124 Å². The zero-order chi connectivity index (χ0) is 20.1. The van der Waals surface area contributed by atoms with E-state index in [0.29, 0.717) is 5.75 Å². The number of hydrogen-bond donors (Lipinski definition) is 1. The maximum Gasteiger partial charge on any atom is 0.347 e. The van der Waals surface area contributed by atoms with Gasteiger partial charge in [-0.2, -0.15) is 0 Å². The van der Waals surface area contributed by atoms with E-state index in [1.165, 1.54) is 15.9 Å². The topological polar surface area (TPSA) is 46.5 Å². The van der Waals surface area contributed by atoms with Crippen LogP contribution >= 0.6 is 0 Å². The van der Waals surface area contributed by atoms with Crippen molar-refractivity contribution in [3.05, 3.63) is 115 Å². The zero-order valence-electron chi connectivity index (χ0n) is 15.6. The van der Waals surface area contributed by atoms with E-state index in [1.807, 2.05) is 54.6 Å². The van der Waals surface area contributed by atoms with Crippen molar-refractivity contribution in [2.75, 3.05) is 0 Å². The molecular weight excluding hydrogens is 380 g/mol. The molecule has 4 rings (SSSR count). The molecule has 29 heavy (non-hydrogen) atoms. The van der Waals surface area contributed by atoms with Gasteiger partial charge in [-0.1, -0.05) is 54.6 Å². The minimum Gasteiger partial charge on any atom is -0.507 e. The molecule has 0 radical (unpaired) electrons. The van der Waals surface area contributed by atoms with E-state index in [-0.39, 0.29) is 22.2 Å². The third-order valence-corrected chi connectivity index (χ3v) is 6.55. The van der Waals surface area contributed by atoms with Gasteiger partial charge in [-0.15, -0.1) is 0 Å². The molecule has 142 valence electrons. The number of esters is 1. The third-order valence-electron chi connectivity index (χ3n) is 4.33. The summed E-state index contributed by atoms with van der Waals surface area (Å²) in [4.78, 5) is 15.9. The lowest BCUT2D eigenvalue weighted by Crippen LogP contribution is -2.10. The Bertz CT molecular complexity index is 1070. The first-order valence-corrected chi connectivity index (χ1v) is 10.4. The molecule has 0 heterocycles. The molecule has 4 heteroatoms. The molecule has 4 aromatic rings. The number of carbonyl (C=O) groups excluding carboxylic acids is 1. The fourth-order valence-electron chi connectivity index (χ4n) is 2.99. The summed E-state index contributed by atoms with van der Waals surface area (Å²) < 4.78 is 5.55. The van der Waals surface area contributed by atoms with Gasteiger partial charge in [-0.3, -0.25) is 0 Å². The van der Waals surface area contributed by atoms with Crippen molar-refractivity contribution < 1.29 is 14.6 Å². The van der Waals surface area contributed by atoms with Crippen LogP contribution < -0.4 is 4.74 Å². The second kappa shape index (κ2) is 8.67. The van der Waals surface area contributed by atoms with Crippen molar-refractivity contribution in [3.63, 3.8) is 0 Å². The van der Waals surface area contributed by atoms with E-state index in [1.54, 1.807) is 24.3 Å². The second-order valence-electron chi connectivity index (χ2n) is 6.31. The van der Waals surface area contributed by atoms with Gasteiger partial charge in [-0.25, -0.2) is 4.79 Å². The summed E-state index contributed by atoms with van der Waals surface area (Å²) in [5.74, 6) is -0.235. The van der Waals surface area contributed by atoms with Crippen LogP contribution in [0.2, 0.25) is 0 Å². The molecule has 0 aliphatic carbocycles. The lowest BCUT2D eigenvalue weighted by atomic mass is 10.2. The van der Waals surface area contributed by atoms with Crippen molar-refractivity contribution in [2.24, 2.45) is 0 Å². The third kappa shape index (κ3) is 4.33. The second-order valence-corrected chi connectivity index (χ2v) is 8.34. The summed E-state index contributed by atoms with van der Waals surface area (Å²) in [7, 11) is -0.329. The SMILES string of the molecule is O=C(Oc1cccc([S+](c2ccccc2)c2ccccc2)c1)c1ccccc1O. The van der Waals surface area contributed by atoms with Gasteiger partial charge in [0.25, 0.3) is 0 Å². The van der Waals surface area contributed by atoms with E-state index in [4.69, 9.17) is 4.74 Å². The van der Waals surface area contributed by atoms with E-state index < -0.39 is 5.97 Å². The standard InChI is InChI=1S/C25H18O3S/c26-24-17-8-7-16-23(24)25(27)28-19-10-9-15-22(18-19)29(20-11-3-1-4-12-20)21-13-5-2-6-14-21/h1-18H/p+1. The number of carbonyl (C=O) groups is 1. The molecule has 0 saturated carbocycles. The van der Waals surface area contributed by atoms with Crippen LogP contribution in [0, 0.1) is 0 Å². The van der Waals surface area contributed by atoms with Crippen LogP contribution in [0.5, 0.6) is 11.5 Å². The number of benzene rings is 4. The molecule has 0 aromatic heterocycles. The molecule has 0 fully saturated rings. The minimum absolute atomic E-state index is 0.0954. The summed E-state index contributed by atoms with van der Waals surface area (Å²) in [6.07, 6.45) is 0. The Hall–Kier alpha value is -3.50. The van der Waals surface area contributed by atoms with Crippen LogP contribution in [0.3, 0.4) is 0 Å². The first kappa shape index (κ1) is 18.8. The van der Waals surface area contributed by atoms with Crippen LogP contribution in [0.1, 0.15) is 10.4 Å². The van der Waals surface area contributed by atoms with Crippen molar-refractivity contribution in [1.82, 2.24) is 0 Å². The van der Waals surface area contributed by atoms with Crippen molar-refractivity contribution in [1.29, 1.82) is 0 Å². The predicted octanol–water partition coefficient (Wildman–Crippen LogP) is 5.71. The Balaban J connectivity index is 1.69. The first-order chi connectivity index (χ1) is 14.2. The van der Waals surface area contributed by atoms with Crippen molar-refractivity contribution >= 4 is 16.9 Å². The van der Waals surface area contributed by atoms with Gasteiger partial charge < -0.3 is 9.84 Å². The van der Waals surface area contributed by atoms with Gasteiger partial charge in [0.2, 0.25) is 0 Å². The number of rotatable bonds is 5. The maximum absolute atomic E-state index is 12.5. The molecule has 3 nitrogen and oxygen atoms in total. The van der Waals surface area contributed by atoms with Gasteiger partial charge >= 0.3 is 5.97 Å². The molecule has 0 bridgehead atoms. The lowest BCUT2D eigenvalue weighted by molar-refractivity contribution is 0.0731. The highest BCUT2D eigenvalue weighted by Crippen LogP contribution is 2.33. The van der Waals surface area contributed by atoms with Gasteiger partial charge in [0, 0.05) is 6.07 Å². The average molecular weight is 399 g/mol. The molecule has 0 atom stereocenters. The summed E-state index contributed by atoms with van der Waals surface area (Å²) in [6, 6.07) is 34.5. The fraction of sp³-hybridized carbons (Fsp3) is 0. The maximum atomic E-state index is 12.5. The minimum atomic E-state index is -0.584. The molecule has 0 aliphatic heterocycles. The molecular formula is C25H19O3S+. The fourth-order valence-corrected chi connectivity index (χ4v) is 5.12. The summed E-state index contributed by atoms with van der Waals surface area (Å²) in [6.45, 7) is 0. The number of para-hydroxylation sites is 1. The Morgan fingerprint density at radius 1 is 0.655 bits per heavy atom. The van der Waals surface area contributed by atoms with Crippen molar-refractivity contribution in [3.8, 4) is 11.5 Å². The number of hydrogen-bond acceptors (Lipinski definition) is 3. The smallest absolute Gasteiger partial charge is 0.347 e. The largest absolute Gasteiger partial charge is 0.507 e. The normalized spacial score (nSPS) is 10.7. The number of aromatic hydroxyl groups is 1. The van der Waals surface area contributed by atoms with Gasteiger partial charge in [0.1, 0.15) is 17.1 Å². The number of phenols is 1. The molecule has 1 N–H and O–H groups in total. The quantitative estimate of drug-likeness (QED) is 0.266. The van der Waals surface area contributed by atoms with Crippen molar-refractivity contribution in [2.45, 2.75) is 14.7 Å². The molecule has 0 aliphatic rings. The summed E-state index contributed by atoms with van der Waals surface area (Å²) in [5.41, 5.74) is 0.142. The van der Waals surface area contributed by atoms with Gasteiger partial charge in [0.05, 0.1) is 10.9 Å². The van der Waals surface area contributed by atoms with E-state index in [2.05, 4.69) is 24.3 Å². The number of phenolic OH excluding ortho intramolecular Hbond substituents is 1.